The highest BCUT2D eigenvalue weighted by Crippen LogP contribution is 2.34. The molecule has 4 nitrogen and oxygen atoms in total. The number of rotatable bonds is 8. The fourth-order valence-corrected chi connectivity index (χ4v) is 5.60. The van der Waals surface area contributed by atoms with E-state index in [1.807, 2.05) is 13.0 Å². The number of piperidine rings is 1. The van der Waals surface area contributed by atoms with Gasteiger partial charge >= 0.3 is 0 Å². The van der Waals surface area contributed by atoms with Gasteiger partial charge in [-0.2, -0.15) is 0 Å². The molecule has 0 saturated carbocycles. The predicted octanol–water partition coefficient (Wildman–Crippen LogP) is 5.05. The number of hydrogen-bond acceptors (Lipinski definition) is 3. The maximum atomic E-state index is 14.6. The summed E-state index contributed by atoms with van der Waals surface area (Å²) < 4.78 is 76.0. The highest BCUT2D eigenvalue weighted by molar-refractivity contribution is 5.83. The maximum absolute atomic E-state index is 14.6. The lowest BCUT2D eigenvalue weighted by molar-refractivity contribution is -0.950. The van der Waals surface area contributed by atoms with Crippen LogP contribution >= 0.6 is 0 Å². The van der Waals surface area contributed by atoms with Crippen LogP contribution in [0.25, 0.3) is 10.9 Å². The molecule has 3 aromatic rings. The molecule has 0 amide bonds. The summed E-state index contributed by atoms with van der Waals surface area (Å²) in [7, 11) is 1.52. The molecule has 9 heteroatoms. The molecule has 2 N–H and O–H groups in total. The number of methoxy groups -OCH3 is 1. The number of fused-ring (bicyclic) bond motifs is 1. The summed E-state index contributed by atoms with van der Waals surface area (Å²) in [5.41, 5.74) is 0.304. The third kappa shape index (κ3) is 5.07. The lowest BCUT2D eigenvalue weighted by Crippen LogP contribution is -3.16. The number of hydrogen-bond donors (Lipinski definition) is 2. The molecule has 3 unspecified atom stereocenters. The summed E-state index contributed by atoms with van der Waals surface area (Å²) in [6.07, 6.45) is 4.30. The van der Waals surface area contributed by atoms with Gasteiger partial charge in [-0.3, -0.25) is 4.98 Å². The SMILES string of the molecule is C=CC(CC)C1CC[NH+](Cc2c(F)c(F)c(F)c(F)c2F)[C@H]([C@H](O)c2ccnc3ccc(OC)cc23)C1. The number of quaternary nitrogens is 1. The van der Waals surface area contributed by atoms with Crippen molar-refractivity contribution in [2.45, 2.75) is 44.9 Å². The maximum Gasteiger partial charge on any atom is 0.200 e. The molecule has 198 valence electrons. The Labute approximate surface area is 212 Å². The normalized spacial score (nSPS) is 21.6. The Morgan fingerprint density at radius 2 is 1.78 bits per heavy atom. The van der Waals surface area contributed by atoms with E-state index in [0.717, 1.165) is 6.42 Å². The van der Waals surface area contributed by atoms with Crippen LogP contribution in [-0.2, 0) is 6.54 Å². The summed E-state index contributed by atoms with van der Waals surface area (Å²) in [6.45, 7) is 5.88. The molecule has 1 aromatic heterocycles. The van der Waals surface area contributed by atoms with Crippen LogP contribution in [0, 0.1) is 40.9 Å². The second-order valence-electron chi connectivity index (χ2n) is 9.56. The van der Waals surface area contributed by atoms with Gasteiger partial charge in [0, 0.05) is 24.4 Å². The molecular formula is C28H30F5N2O2+. The van der Waals surface area contributed by atoms with E-state index in [1.165, 1.54) is 7.11 Å². The summed E-state index contributed by atoms with van der Waals surface area (Å²) in [6, 6.07) is 6.36. The zero-order valence-corrected chi connectivity index (χ0v) is 20.7. The van der Waals surface area contributed by atoms with Crippen LogP contribution in [0.15, 0.2) is 43.1 Å². The average Bonchev–Trinajstić information content (AvgIpc) is 2.93. The van der Waals surface area contributed by atoms with Crippen molar-refractivity contribution < 1.29 is 36.7 Å². The molecule has 1 aliphatic rings. The number of benzene rings is 2. The first-order valence-corrected chi connectivity index (χ1v) is 12.3. The van der Waals surface area contributed by atoms with E-state index >= 15 is 0 Å². The van der Waals surface area contributed by atoms with Gasteiger partial charge in [-0.1, -0.05) is 13.0 Å². The van der Waals surface area contributed by atoms with E-state index < -0.39 is 53.3 Å². The van der Waals surface area contributed by atoms with Crippen molar-refractivity contribution in [1.29, 1.82) is 0 Å². The number of nitrogens with one attached hydrogen (secondary N) is 1. The van der Waals surface area contributed by atoms with Gasteiger partial charge in [0.25, 0.3) is 0 Å². The van der Waals surface area contributed by atoms with E-state index in [2.05, 4.69) is 11.6 Å². The number of nitrogens with zero attached hydrogens (tertiary/aromatic N) is 1. The molecule has 0 spiro atoms. The second-order valence-corrected chi connectivity index (χ2v) is 9.56. The van der Waals surface area contributed by atoms with Gasteiger partial charge in [0.15, 0.2) is 23.3 Å². The minimum Gasteiger partial charge on any atom is -0.497 e. The van der Waals surface area contributed by atoms with Gasteiger partial charge in [0.2, 0.25) is 5.82 Å². The summed E-state index contributed by atoms with van der Waals surface area (Å²) >= 11 is 0. The van der Waals surface area contributed by atoms with Crippen molar-refractivity contribution in [2.24, 2.45) is 11.8 Å². The smallest absolute Gasteiger partial charge is 0.200 e. The fourth-order valence-electron chi connectivity index (χ4n) is 5.60. The van der Waals surface area contributed by atoms with Gasteiger partial charge in [-0.05, 0) is 48.1 Å². The number of likely N-dealkylation sites (tertiary alicyclic amines) is 1. The number of allylic oxidation sites excluding steroid dienone is 1. The number of aliphatic hydroxyl groups is 1. The third-order valence-electron chi connectivity index (χ3n) is 7.68. The fraction of sp³-hybridized carbons (Fsp3) is 0.393. The Balaban J connectivity index is 1.77. The first kappa shape index (κ1) is 27.0. The monoisotopic (exact) mass is 521 g/mol. The van der Waals surface area contributed by atoms with Crippen molar-refractivity contribution in [3.05, 3.63) is 83.3 Å². The van der Waals surface area contributed by atoms with Gasteiger partial charge in [0.05, 0.1) is 24.7 Å². The Morgan fingerprint density at radius 1 is 1.11 bits per heavy atom. The highest BCUT2D eigenvalue weighted by atomic mass is 19.2. The van der Waals surface area contributed by atoms with Gasteiger partial charge in [0.1, 0.15) is 24.4 Å². The second kappa shape index (κ2) is 11.1. The average molecular weight is 522 g/mol. The highest BCUT2D eigenvalue weighted by Gasteiger charge is 2.41. The lowest BCUT2D eigenvalue weighted by atomic mass is 9.77. The van der Waals surface area contributed by atoms with Crippen LogP contribution in [-0.4, -0.2) is 29.8 Å². The van der Waals surface area contributed by atoms with Crippen molar-refractivity contribution in [1.82, 2.24) is 4.98 Å². The molecule has 1 aliphatic heterocycles. The molecule has 0 bridgehead atoms. The largest absolute Gasteiger partial charge is 0.497 e. The molecule has 1 saturated heterocycles. The van der Waals surface area contributed by atoms with Crippen LogP contribution in [0.3, 0.4) is 0 Å². The lowest BCUT2D eigenvalue weighted by Gasteiger charge is -2.41. The molecule has 2 heterocycles. The van der Waals surface area contributed by atoms with E-state index in [1.54, 1.807) is 30.5 Å². The van der Waals surface area contributed by atoms with Crippen molar-refractivity contribution >= 4 is 10.9 Å². The standard InChI is InChI=1S/C28H29F5N2O2/c1-4-15(5-2)16-9-11-35(14-20-23(29)25(31)27(33)26(32)24(20)30)22(12-16)28(36)18-8-10-34-21-7-6-17(37-3)13-19(18)21/h4,6-8,10,13,15-16,22,28,36H,1,5,9,11-12,14H2,2-3H3/p+1/t15?,16?,22-,28+/m0/s1. The molecule has 0 radical (unpaired) electrons. The van der Waals surface area contributed by atoms with Crippen molar-refractivity contribution in [2.75, 3.05) is 13.7 Å². The summed E-state index contributed by atoms with van der Waals surface area (Å²) in [5, 5.41) is 12.3. The topological polar surface area (TPSA) is 46.8 Å². The quantitative estimate of drug-likeness (QED) is 0.189. The first-order valence-electron chi connectivity index (χ1n) is 12.3. The van der Waals surface area contributed by atoms with E-state index in [9.17, 15) is 27.1 Å². The predicted molar refractivity (Wildman–Crippen MR) is 130 cm³/mol. The van der Waals surface area contributed by atoms with Crippen LogP contribution in [0.5, 0.6) is 5.75 Å². The summed E-state index contributed by atoms with van der Waals surface area (Å²) in [4.78, 5) is 4.89. The molecule has 4 rings (SSSR count). The third-order valence-corrected chi connectivity index (χ3v) is 7.68. The van der Waals surface area contributed by atoms with E-state index in [-0.39, 0.29) is 11.8 Å². The minimum atomic E-state index is -2.18. The Hall–Kier alpha value is -3.04. The number of aliphatic hydroxyl groups excluding tert-OH is 1. The van der Waals surface area contributed by atoms with Crippen LogP contribution in [0.1, 0.15) is 43.4 Å². The molecule has 0 aliphatic carbocycles. The Morgan fingerprint density at radius 3 is 2.41 bits per heavy atom. The zero-order valence-electron chi connectivity index (χ0n) is 20.7. The van der Waals surface area contributed by atoms with Gasteiger partial charge in [-0.25, -0.2) is 22.0 Å². The van der Waals surface area contributed by atoms with Crippen LogP contribution < -0.4 is 9.64 Å². The zero-order chi connectivity index (χ0) is 26.9. The van der Waals surface area contributed by atoms with E-state index in [0.29, 0.717) is 46.5 Å². The van der Waals surface area contributed by atoms with Crippen LogP contribution in [0.2, 0.25) is 0 Å². The van der Waals surface area contributed by atoms with Crippen LogP contribution in [0.4, 0.5) is 22.0 Å². The number of halogens is 5. The molecule has 2 aromatic carbocycles. The minimum absolute atomic E-state index is 0.143. The number of ether oxygens (including phenoxy) is 1. The Bertz CT molecular complexity index is 1270. The molecule has 5 atom stereocenters. The molecule has 1 fully saturated rings. The van der Waals surface area contributed by atoms with Gasteiger partial charge in [-0.15, -0.1) is 6.58 Å². The molecular weight excluding hydrogens is 491 g/mol. The number of aromatic nitrogens is 1. The van der Waals surface area contributed by atoms with Crippen molar-refractivity contribution in [3.8, 4) is 5.75 Å². The Kier molecular flexibility index (Phi) is 8.14. The van der Waals surface area contributed by atoms with Crippen molar-refractivity contribution in [3.63, 3.8) is 0 Å². The van der Waals surface area contributed by atoms with E-state index in [4.69, 9.17) is 4.74 Å². The van der Waals surface area contributed by atoms with Gasteiger partial charge < -0.3 is 14.7 Å². The molecule has 37 heavy (non-hydrogen) atoms. The number of pyridine rings is 1. The first-order chi connectivity index (χ1) is 17.7. The summed E-state index contributed by atoms with van der Waals surface area (Å²) in [5.74, 6) is -8.91.